The Morgan fingerprint density at radius 1 is 0.833 bits per heavy atom. The molecule has 0 N–H and O–H groups in total. The van der Waals surface area contributed by atoms with E-state index in [-0.39, 0.29) is 0 Å². The Balaban J connectivity index is 2.33. The van der Waals surface area contributed by atoms with Crippen LogP contribution in [0, 0.1) is 12.8 Å². The van der Waals surface area contributed by atoms with Crippen LogP contribution in [0.3, 0.4) is 0 Å². The van der Waals surface area contributed by atoms with E-state index in [1.54, 1.807) is 0 Å². The predicted molar refractivity (Wildman–Crippen MR) is 79.5 cm³/mol. The molecule has 0 radical (unpaired) electrons. The summed E-state index contributed by atoms with van der Waals surface area (Å²) in [5.74, 6) is 0.631. The van der Waals surface area contributed by atoms with Crippen molar-refractivity contribution in [3.63, 3.8) is 0 Å². The van der Waals surface area contributed by atoms with Gasteiger partial charge in [0.1, 0.15) is 0 Å². The van der Waals surface area contributed by atoms with Gasteiger partial charge in [-0.3, -0.25) is 0 Å². The standard InChI is InChI=1S/C17H21N/c1-14(2)13-18(16-7-5-4-6-8-16)17-11-9-15(3)10-12-17/h4-12,14H,13H2,1-3H3. The van der Waals surface area contributed by atoms with E-state index in [2.05, 4.69) is 80.3 Å². The van der Waals surface area contributed by atoms with Crippen LogP contribution < -0.4 is 4.90 Å². The number of nitrogens with zero attached hydrogens (tertiary/aromatic N) is 1. The molecule has 2 rings (SSSR count). The molecule has 94 valence electrons. The Labute approximate surface area is 110 Å². The van der Waals surface area contributed by atoms with Crippen molar-refractivity contribution in [3.8, 4) is 0 Å². The highest BCUT2D eigenvalue weighted by Gasteiger charge is 2.10. The molecule has 0 aliphatic heterocycles. The first-order chi connectivity index (χ1) is 8.66. The first kappa shape index (κ1) is 12.7. The quantitative estimate of drug-likeness (QED) is 0.741. The van der Waals surface area contributed by atoms with Gasteiger partial charge in [0.2, 0.25) is 0 Å². The number of hydrogen-bond donors (Lipinski definition) is 0. The summed E-state index contributed by atoms with van der Waals surface area (Å²) in [5.41, 5.74) is 3.83. The topological polar surface area (TPSA) is 3.24 Å². The van der Waals surface area contributed by atoms with Crippen molar-refractivity contribution < 1.29 is 0 Å². The van der Waals surface area contributed by atoms with Gasteiger partial charge in [-0.2, -0.15) is 0 Å². The van der Waals surface area contributed by atoms with Gasteiger partial charge in [-0.15, -0.1) is 0 Å². The Bertz CT molecular complexity index is 471. The Morgan fingerprint density at radius 2 is 1.39 bits per heavy atom. The third kappa shape index (κ3) is 3.13. The van der Waals surface area contributed by atoms with E-state index in [9.17, 15) is 0 Å². The van der Waals surface area contributed by atoms with Crippen molar-refractivity contribution in [2.45, 2.75) is 20.8 Å². The maximum Gasteiger partial charge on any atom is 0.0410 e. The van der Waals surface area contributed by atoms with Crippen molar-refractivity contribution in [3.05, 3.63) is 60.2 Å². The highest BCUT2D eigenvalue weighted by molar-refractivity contribution is 5.63. The van der Waals surface area contributed by atoms with E-state index >= 15 is 0 Å². The van der Waals surface area contributed by atoms with Crippen molar-refractivity contribution in [1.29, 1.82) is 0 Å². The summed E-state index contributed by atoms with van der Waals surface area (Å²) in [5, 5.41) is 0. The van der Waals surface area contributed by atoms with Crippen molar-refractivity contribution >= 4 is 11.4 Å². The van der Waals surface area contributed by atoms with Crippen LogP contribution in [0.4, 0.5) is 11.4 Å². The average Bonchev–Trinajstić information content (AvgIpc) is 2.38. The molecule has 0 heterocycles. The van der Waals surface area contributed by atoms with Gasteiger partial charge >= 0.3 is 0 Å². The highest BCUT2D eigenvalue weighted by Crippen LogP contribution is 2.26. The molecule has 0 spiro atoms. The second kappa shape index (κ2) is 5.72. The lowest BCUT2D eigenvalue weighted by Gasteiger charge is -2.27. The van der Waals surface area contributed by atoms with Crippen LogP contribution in [-0.4, -0.2) is 6.54 Å². The molecule has 18 heavy (non-hydrogen) atoms. The van der Waals surface area contributed by atoms with Gasteiger partial charge in [0.25, 0.3) is 0 Å². The Hall–Kier alpha value is -1.76. The smallest absolute Gasteiger partial charge is 0.0410 e. The molecule has 0 aliphatic rings. The number of hydrogen-bond acceptors (Lipinski definition) is 1. The molecule has 2 aromatic rings. The third-order valence-corrected chi connectivity index (χ3v) is 2.96. The fraction of sp³-hybridized carbons (Fsp3) is 0.294. The van der Waals surface area contributed by atoms with E-state index in [1.807, 2.05) is 0 Å². The molecule has 0 fully saturated rings. The molecule has 0 unspecified atom stereocenters. The summed E-state index contributed by atoms with van der Waals surface area (Å²) in [4.78, 5) is 2.38. The van der Waals surface area contributed by atoms with Crippen LogP contribution in [0.5, 0.6) is 0 Å². The van der Waals surface area contributed by atoms with Crippen molar-refractivity contribution in [1.82, 2.24) is 0 Å². The van der Waals surface area contributed by atoms with Crippen molar-refractivity contribution in [2.24, 2.45) is 5.92 Å². The SMILES string of the molecule is Cc1ccc(N(CC(C)C)c2ccccc2)cc1. The number of rotatable bonds is 4. The van der Waals surface area contributed by atoms with Crippen LogP contribution in [0.1, 0.15) is 19.4 Å². The lowest BCUT2D eigenvalue weighted by atomic mass is 10.1. The van der Waals surface area contributed by atoms with Gasteiger partial charge in [0.15, 0.2) is 0 Å². The number of para-hydroxylation sites is 1. The Kier molecular flexibility index (Phi) is 4.03. The lowest BCUT2D eigenvalue weighted by molar-refractivity contribution is 0.651. The van der Waals surface area contributed by atoms with E-state index in [0.717, 1.165) is 6.54 Å². The molecule has 0 amide bonds. The third-order valence-electron chi connectivity index (χ3n) is 2.96. The number of aryl methyl sites for hydroxylation is 1. The minimum atomic E-state index is 0.631. The van der Waals surface area contributed by atoms with Crippen LogP contribution in [-0.2, 0) is 0 Å². The molecular formula is C17H21N. The van der Waals surface area contributed by atoms with Gasteiger partial charge in [-0.1, -0.05) is 49.7 Å². The summed E-state index contributed by atoms with van der Waals surface area (Å²) in [6.07, 6.45) is 0. The largest absolute Gasteiger partial charge is 0.341 e. The highest BCUT2D eigenvalue weighted by atomic mass is 15.1. The minimum Gasteiger partial charge on any atom is -0.341 e. The maximum atomic E-state index is 2.38. The van der Waals surface area contributed by atoms with E-state index in [0.29, 0.717) is 5.92 Å². The fourth-order valence-electron chi connectivity index (χ4n) is 2.06. The normalized spacial score (nSPS) is 10.7. The fourth-order valence-corrected chi connectivity index (χ4v) is 2.06. The van der Waals surface area contributed by atoms with Gasteiger partial charge in [0, 0.05) is 17.9 Å². The Morgan fingerprint density at radius 3 is 1.94 bits per heavy atom. The van der Waals surface area contributed by atoms with E-state index in [4.69, 9.17) is 0 Å². The lowest BCUT2D eigenvalue weighted by Crippen LogP contribution is -2.22. The van der Waals surface area contributed by atoms with Gasteiger partial charge in [0.05, 0.1) is 0 Å². The second-order valence-corrected chi connectivity index (χ2v) is 5.18. The van der Waals surface area contributed by atoms with E-state index < -0.39 is 0 Å². The summed E-state index contributed by atoms with van der Waals surface area (Å²) in [6, 6.07) is 19.3. The summed E-state index contributed by atoms with van der Waals surface area (Å²) >= 11 is 0. The summed E-state index contributed by atoms with van der Waals surface area (Å²) < 4.78 is 0. The van der Waals surface area contributed by atoms with E-state index in [1.165, 1.54) is 16.9 Å². The first-order valence-corrected chi connectivity index (χ1v) is 6.56. The molecule has 0 saturated heterocycles. The van der Waals surface area contributed by atoms with Crippen LogP contribution in [0.15, 0.2) is 54.6 Å². The monoisotopic (exact) mass is 239 g/mol. The zero-order chi connectivity index (χ0) is 13.0. The molecule has 2 aromatic carbocycles. The number of benzene rings is 2. The summed E-state index contributed by atoms with van der Waals surface area (Å²) in [7, 11) is 0. The molecule has 0 aromatic heterocycles. The molecule has 1 heteroatoms. The van der Waals surface area contributed by atoms with Gasteiger partial charge in [-0.05, 0) is 37.1 Å². The predicted octanol–water partition coefficient (Wildman–Crippen LogP) is 4.79. The first-order valence-electron chi connectivity index (χ1n) is 6.56. The zero-order valence-electron chi connectivity index (χ0n) is 11.4. The second-order valence-electron chi connectivity index (χ2n) is 5.18. The average molecular weight is 239 g/mol. The van der Waals surface area contributed by atoms with Crippen molar-refractivity contribution in [2.75, 3.05) is 11.4 Å². The van der Waals surface area contributed by atoms with Crippen LogP contribution >= 0.6 is 0 Å². The molecular weight excluding hydrogens is 218 g/mol. The zero-order valence-corrected chi connectivity index (χ0v) is 11.4. The maximum absolute atomic E-state index is 2.38. The molecule has 0 bridgehead atoms. The molecule has 0 atom stereocenters. The summed E-state index contributed by atoms with van der Waals surface area (Å²) in [6.45, 7) is 7.67. The van der Waals surface area contributed by atoms with Gasteiger partial charge in [-0.25, -0.2) is 0 Å². The number of anilines is 2. The van der Waals surface area contributed by atoms with Crippen LogP contribution in [0.2, 0.25) is 0 Å². The molecule has 0 saturated carbocycles. The molecule has 0 aliphatic carbocycles. The van der Waals surface area contributed by atoms with Crippen LogP contribution in [0.25, 0.3) is 0 Å². The van der Waals surface area contributed by atoms with Gasteiger partial charge < -0.3 is 4.90 Å². The molecule has 1 nitrogen and oxygen atoms in total. The minimum absolute atomic E-state index is 0.631.